The van der Waals surface area contributed by atoms with Crippen LogP contribution in [0.15, 0.2) is 34.9 Å². The fraction of sp³-hybridized carbons (Fsp3) is 0.412. The van der Waals surface area contributed by atoms with E-state index in [2.05, 4.69) is 0 Å². The largest absolute Gasteiger partial charge is 3.00 e. The van der Waals surface area contributed by atoms with Gasteiger partial charge in [-0.2, -0.15) is 0 Å². The number of hydrogen-bond donors (Lipinski definition) is 3. The molecule has 2 radical (unpaired) electrons. The number of benzene rings is 3. The summed E-state index contributed by atoms with van der Waals surface area (Å²) in [5, 5.41) is 62.8. The molecule has 0 aromatic heterocycles. The minimum Gasteiger partial charge on any atom is -0.550 e. The van der Waals surface area contributed by atoms with Crippen LogP contribution in [0.5, 0.6) is 34.5 Å². The third kappa shape index (κ3) is 13.6. The number of cyclic esters (lactones) is 3. The van der Waals surface area contributed by atoms with E-state index >= 15 is 0 Å². The first-order chi connectivity index (χ1) is 32.6. The van der Waals surface area contributed by atoms with Crippen molar-refractivity contribution in [2.24, 2.45) is 0 Å². The number of carboxylic acids is 3. The number of hydrogen-bond acceptors (Lipinski definition) is 18. The van der Waals surface area contributed by atoms with E-state index in [9.17, 15) is 59.4 Å². The van der Waals surface area contributed by atoms with E-state index < -0.39 is 35.8 Å². The van der Waals surface area contributed by atoms with E-state index in [0.717, 1.165) is 33.4 Å². The Morgan fingerprint density at radius 2 is 0.714 bits per heavy atom. The van der Waals surface area contributed by atoms with Crippen LogP contribution in [0.4, 0.5) is 0 Å². The molecule has 3 N–H and O–H groups in total. The second-order valence-corrected chi connectivity index (χ2v) is 16.6. The number of carbonyl (C=O) groups excluding carboxylic acids is 6. The Morgan fingerprint density at radius 1 is 0.486 bits per heavy atom. The molecule has 18 nitrogen and oxygen atoms in total. The summed E-state index contributed by atoms with van der Waals surface area (Å²) < 4.78 is 31.1. The molecule has 0 unspecified atom stereocenters. The van der Waals surface area contributed by atoms with Crippen LogP contribution in [-0.2, 0) is 67.7 Å². The van der Waals surface area contributed by atoms with Gasteiger partial charge < -0.3 is 73.4 Å². The van der Waals surface area contributed by atoms with Crippen LogP contribution in [-0.4, -0.2) is 98.7 Å². The topological polar surface area (TPSA) is 288 Å². The normalized spacial score (nSPS) is 13.5. The van der Waals surface area contributed by atoms with Crippen molar-refractivity contribution >= 4 is 62.0 Å². The summed E-state index contributed by atoms with van der Waals surface area (Å²) in [6.07, 6.45) is 7.38. The van der Waals surface area contributed by atoms with Gasteiger partial charge in [-0.15, -0.1) is 0 Å². The van der Waals surface area contributed by atoms with Gasteiger partial charge in [0.25, 0.3) is 0 Å². The summed E-state index contributed by atoms with van der Waals surface area (Å²) in [6.45, 7) is 11.3. The Morgan fingerprint density at radius 3 is 0.914 bits per heavy atom. The van der Waals surface area contributed by atoms with Crippen LogP contribution in [0.2, 0.25) is 0 Å². The predicted octanol–water partition coefficient (Wildman–Crippen LogP) is 3.81. The van der Waals surface area contributed by atoms with Gasteiger partial charge in [-0.3, -0.25) is 0 Å². The third-order valence-corrected chi connectivity index (χ3v) is 12.1. The number of esters is 3. The molecule has 3 aromatic carbocycles. The Hall–Kier alpha value is -6.62. The van der Waals surface area contributed by atoms with Crippen LogP contribution in [0.25, 0.3) is 0 Å². The second kappa shape index (κ2) is 25.8. The smallest absolute Gasteiger partial charge is 0.550 e. The number of carboxylic acid groups (broad SMARTS) is 3. The van der Waals surface area contributed by atoms with Crippen LogP contribution in [0, 0.1) is 20.8 Å². The molecule has 3 aliphatic rings. The van der Waals surface area contributed by atoms with Gasteiger partial charge in [0.2, 0.25) is 0 Å². The molecule has 0 saturated heterocycles. The first-order valence-corrected chi connectivity index (χ1v) is 21.9. The number of carbonyl (C=O) groups is 6. The van der Waals surface area contributed by atoms with E-state index in [4.69, 9.17) is 28.4 Å². The van der Waals surface area contributed by atoms with E-state index in [1.165, 1.54) is 21.3 Å². The zero-order chi connectivity index (χ0) is 51.4. The molecule has 374 valence electrons. The van der Waals surface area contributed by atoms with Crippen LogP contribution in [0.3, 0.4) is 0 Å². The summed E-state index contributed by atoms with van der Waals surface area (Å²) in [6, 6.07) is 0. The van der Waals surface area contributed by atoms with Gasteiger partial charge in [-0.1, -0.05) is 34.9 Å². The third-order valence-electron chi connectivity index (χ3n) is 12.1. The monoisotopic (exact) mass is 1170 g/mol. The van der Waals surface area contributed by atoms with Gasteiger partial charge in [-0.05, 0) is 116 Å². The molecule has 3 heterocycles. The van der Waals surface area contributed by atoms with E-state index in [1.54, 1.807) is 20.8 Å². The van der Waals surface area contributed by atoms with Crippen molar-refractivity contribution in [1.29, 1.82) is 0 Å². The second-order valence-electron chi connectivity index (χ2n) is 16.6. The number of allylic oxidation sites excluding steroid dienone is 6. The maximum atomic E-state index is 11.8. The molecule has 0 atom stereocenters. The van der Waals surface area contributed by atoms with Crippen molar-refractivity contribution in [3.8, 4) is 34.5 Å². The van der Waals surface area contributed by atoms with Crippen molar-refractivity contribution in [3.63, 3.8) is 0 Å². The quantitative estimate of drug-likeness (QED) is 0.0706. The van der Waals surface area contributed by atoms with Crippen molar-refractivity contribution in [1.82, 2.24) is 0 Å². The Balaban J connectivity index is 0.000000276. The number of aliphatic carboxylic acids is 3. The fourth-order valence-corrected chi connectivity index (χ4v) is 8.12. The van der Waals surface area contributed by atoms with Gasteiger partial charge in [-0.25, -0.2) is 14.4 Å². The Labute approximate surface area is 424 Å². The molecule has 0 fully saturated rings. The average Bonchev–Trinajstić information content (AvgIpc) is 4.02. The predicted molar refractivity (Wildman–Crippen MR) is 246 cm³/mol. The summed E-state index contributed by atoms with van der Waals surface area (Å²) in [5.74, 6) is -3.77. The molecule has 0 spiro atoms. The number of fused-ring (bicyclic) bond motifs is 3. The molecule has 6 rings (SSSR count). The summed E-state index contributed by atoms with van der Waals surface area (Å²) in [5.41, 5.74) is 8.87. The van der Waals surface area contributed by atoms with Crippen LogP contribution >= 0.6 is 0 Å². The van der Waals surface area contributed by atoms with Crippen LogP contribution in [0.1, 0.15) is 140 Å². The number of phenols is 3. The molecule has 0 aliphatic carbocycles. The molecular weight excluding hydrogens is 1110 g/mol. The first kappa shape index (κ1) is 57.7. The van der Waals surface area contributed by atoms with Crippen molar-refractivity contribution in [3.05, 3.63) is 102 Å². The molecule has 3 aromatic rings. The standard InChI is InChI=1S/3C17H20O6.Bi/c3*1-9(5-7-13(18)19)4-6-11-15(20)14-12(8-23-17(14)21)10(2)16(11)22-3;/h3*4,20H,5-8H2,1-3H3,(H,18,19);/q;;;+3/p-3/b3*9-4+;. The van der Waals surface area contributed by atoms with Crippen LogP contribution < -0.4 is 29.5 Å². The Kier molecular flexibility index (Phi) is 21.3. The van der Waals surface area contributed by atoms with Crippen molar-refractivity contribution in [2.75, 3.05) is 21.3 Å². The summed E-state index contributed by atoms with van der Waals surface area (Å²) in [7, 11) is 4.51. The average molecular weight is 1170 g/mol. The minimum absolute atomic E-state index is 0. The molecule has 3 aliphatic heterocycles. The van der Waals surface area contributed by atoms with Crippen molar-refractivity contribution < 1.29 is 87.8 Å². The molecule has 0 amide bonds. The van der Waals surface area contributed by atoms with Crippen molar-refractivity contribution in [2.45, 2.75) is 119 Å². The first-order valence-electron chi connectivity index (χ1n) is 21.9. The zero-order valence-electron chi connectivity index (χ0n) is 40.6. The minimum atomic E-state index is -1.10. The van der Waals surface area contributed by atoms with Gasteiger partial charge in [0.05, 0.1) is 21.3 Å². The number of aromatic hydroxyl groups is 3. The number of rotatable bonds is 18. The SMILES string of the molecule is COc1c(C)c2c(c(O)c1C/C=C(\C)CCC(=O)[O-])C(=O)OC2.COc1c(C)c2c(c(O)c1C/C=C(\C)CCC(=O)[O-])C(=O)OC2.COc1c(C)c2c(c(O)c1C/C=C(\C)CCC(=O)[O-])C(=O)OC2.[Bi+3]. The molecular formula is C51H57BiO18. The van der Waals surface area contributed by atoms with Gasteiger partial charge in [0.15, 0.2) is 0 Å². The summed E-state index contributed by atoms with van der Waals surface area (Å²) >= 11 is 0. The van der Waals surface area contributed by atoms with Gasteiger partial charge in [0, 0.05) is 51.3 Å². The molecule has 19 heteroatoms. The maximum Gasteiger partial charge on any atom is 3.00 e. The van der Waals surface area contributed by atoms with E-state index in [-0.39, 0.29) is 99.2 Å². The van der Waals surface area contributed by atoms with E-state index in [1.807, 2.05) is 39.0 Å². The number of ether oxygens (including phenoxy) is 6. The Bertz CT molecular complexity index is 2350. The van der Waals surface area contributed by atoms with Gasteiger partial charge >= 0.3 is 44.1 Å². The summed E-state index contributed by atoms with van der Waals surface area (Å²) in [4.78, 5) is 66.9. The fourth-order valence-electron chi connectivity index (χ4n) is 8.12. The maximum absolute atomic E-state index is 11.8. The van der Waals surface area contributed by atoms with E-state index in [0.29, 0.717) is 89.2 Å². The van der Waals surface area contributed by atoms with Gasteiger partial charge in [0.1, 0.15) is 71.0 Å². The number of phenolic OH excluding ortho intramolecular Hbond substituents is 3. The number of methoxy groups -OCH3 is 3. The molecule has 0 bridgehead atoms. The molecule has 0 saturated carbocycles. The molecule has 70 heavy (non-hydrogen) atoms. The zero-order valence-corrected chi connectivity index (χ0v) is 44.1.